The Morgan fingerprint density at radius 1 is 1.14 bits per heavy atom. The quantitative estimate of drug-likeness (QED) is 0.390. The first-order chi connectivity index (χ1) is 16.9. The highest BCUT2D eigenvalue weighted by molar-refractivity contribution is 7.21. The molecule has 9 heteroatoms. The van der Waals surface area contributed by atoms with Crippen LogP contribution in [0.3, 0.4) is 0 Å². The zero-order chi connectivity index (χ0) is 24.4. The van der Waals surface area contributed by atoms with Gasteiger partial charge in [0.05, 0.1) is 5.69 Å². The Hall–Kier alpha value is -3.27. The molecule has 0 saturated carbocycles. The van der Waals surface area contributed by atoms with E-state index >= 15 is 0 Å². The average Bonchev–Trinajstić information content (AvgIpc) is 3.28. The fourth-order valence-corrected chi connectivity index (χ4v) is 5.03. The van der Waals surface area contributed by atoms with E-state index in [9.17, 15) is 13.6 Å². The van der Waals surface area contributed by atoms with E-state index in [-0.39, 0.29) is 11.1 Å². The molecule has 0 bridgehead atoms. The highest BCUT2D eigenvalue weighted by Crippen LogP contribution is 2.34. The van der Waals surface area contributed by atoms with Gasteiger partial charge in [0.1, 0.15) is 15.4 Å². The molecule has 0 atom stereocenters. The van der Waals surface area contributed by atoms with Gasteiger partial charge in [-0.2, -0.15) is 0 Å². The SMILES string of the molecule is CC(F)(F)c1cccc(C(=O)Nc2ccccc2-c2nc3cc(CN4CCNCC4)cnc3s2)c1. The van der Waals surface area contributed by atoms with Crippen LogP contribution in [-0.4, -0.2) is 47.0 Å². The lowest BCUT2D eigenvalue weighted by Crippen LogP contribution is -2.42. The van der Waals surface area contributed by atoms with Crippen molar-refractivity contribution in [3.63, 3.8) is 0 Å². The van der Waals surface area contributed by atoms with Crippen molar-refractivity contribution in [1.29, 1.82) is 0 Å². The lowest BCUT2D eigenvalue weighted by atomic mass is 10.1. The Labute approximate surface area is 206 Å². The maximum absolute atomic E-state index is 13.7. The minimum absolute atomic E-state index is 0.169. The summed E-state index contributed by atoms with van der Waals surface area (Å²) < 4.78 is 27.4. The summed E-state index contributed by atoms with van der Waals surface area (Å²) in [6.07, 6.45) is 1.90. The molecule has 4 aromatic rings. The fourth-order valence-electron chi connectivity index (χ4n) is 4.10. The standard InChI is InChI=1S/C26H25F2N5OS/c1-26(27,28)19-6-4-5-18(14-19)23(34)31-21-8-3-2-7-20(21)24-32-22-13-17(15-30-25(22)35-24)16-33-11-9-29-10-12-33/h2-8,13-15,29H,9-12,16H2,1H3,(H,31,34). The van der Waals surface area contributed by atoms with Crippen molar-refractivity contribution < 1.29 is 13.6 Å². The Morgan fingerprint density at radius 2 is 1.94 bits per heavy atom. The molecule has 35 heavy (non-hydrogen) atoms. The van der Waals surface area contributed by atoms with Crippen LogP contribution in [0.25, 0.3) is 20.9 Å². The van der Waals surface area contributed by atoms with Crippen LogP contribution in [0.4, 0.5) is 14.5 Å². The Bertz CT molecular complexity index is 1360. The Morgan fingerprint density at radius 3 is 2.74 bits per heavy atom. The number of alkyl halides is 2. The largest absolute Gasteiger partial charge is 0.321 e. The molecule has 1 saturated heterocycles. The molecule has 2 aromatic heterocycles. The second kappa shape index (κ2) is 9.77. The molecule has 180 valence electrons. The smallest absolute Gasteiger partial charge is 0.270 e. The molecule has 6 nitrogen and oxygen atoms in total. The number of benzene rings is 2. The Kier molecular flexibility index (Phi) is 6.55. The summed E-state index contributed by atoms with van der Waals surface area (Å²) in [5.41, 5.74) is 3.22. The predicted molar refractivity (Wildman–Crippen MR) is 135 cm³/mol. The van der Waals surface area contributed by atoms with Gasteiger partial charge in [-0.15, -0.1) is 0 Å². The molecular weight excluding hydrogens is 468 g/mol. The minimum atomic E-state index is -3.02. The van der Waals surface area contributed by atoms with Gasteiger partial charge in [0, 0.05) is 62.5 Å². The number of rotatable bonds is 6. The van der Waals surface area contributed by atoms with Crippen molar-refractivity contribution in [2.75, 3.05) is 31.5 Å². The number of pyridine rings is 1. The number of anilines is 1. The number of hydrogen-bond acceptors (Lipinski definition) is 6. The Balaban J connectivity index is 1.39. The summed E-state index contributed by atoms with van der Waals surface area (Å²) in [5, 5.41) is 6.96. The first-order valence-electron chi connectivity index (χ1n) is 11.4. The van der Waals surface area contributed by atoms with Crippen molar-refractivity contribution in [2.45, 2.75) is 19.4 Å². The maximum atomic E-state index is 13.7. The number of nitrogens with one attached hydrogen (secondary N) is 2. The van der Waals surface area contributed by atoms with Crippen molar-refractivity contribution in [3.05, 3.63) is 77.5 Å². The molecule has 1 fully saturated rings. The van der Waals surface area contributed by atoms with E-state index in [4.69, 9.17) is 4.98 Å². The van der Waals surface area contributed by atoms with Gasteiger partial charge in [-0.05, 0) is 35.9 Å². The topological polar surface area (TPSA) is 70.2 Å². The predicted octanol–water partition coefficient (Wildman–Crippen LogP) is 5.13. The zero-order valence-electron chi connectivity index (χ0n) is 19.2. The monoisotopic (exact) mass is 493 g/mol. The number of piperazine rings is 1. The van der Waals surface area contributed by atoms with Gasteiger partial charge in [-0.3, -0.25) is 9.69 Å². The number of nitrogens with zero attached hydrogens (tertiary/aromatic N) is 3. The number of para-hydroxylation sites is 1. The van der Waals surface area contributed by atoms with Crippen molar-refractivity contribution in [3.8, 4) is 10.6 Å². The number of hydrogen-bond donors (Lipinski definition) is 2. The van der Waals surface area contributed by atoms with Gasteiger partial charge in [0.2, 0.25) is 0 Å². The van der Waals surface area contributed by atoms with E-state index < -0.39 is 11.8 Å². The van der Waals surface area contributed by atoms with Crippen molar-refractivity contribution in [2.24, 2.45) is 0 Å². The van der Waals surface area contributed by atoms with E-state index in [1.165, 1.54) is 35.6 Å². The molecule has 0 spiro atoms. The third-order valence-electron chi connectivity index (χ3n) is 5.96. The van der Waals surface area contributed by atoms with Crippen LogP contribution in [0.15, 0.2) is 60.8 Å². The number of carbonyl (C=O) groups is 1. The average molecular weight is 494 g/mol. The van der Waals surface area contributed by atoms with Gasteiger partial charge in [0.25, 0.3) is 11.8 Å². The zero-order valence-corrected chi connectivity index (χ0v) is 20.0. The van der Waals surface area contributed by atoms with Gasteiger partial charge in [-0.25, -0.2) is 18.7 Å². The summed E-state index contributed by atoms with van der Waals surface area (Å²) in [7, 11) is 0. The lowest BCUT2D eigenvalue weighted by molar-refractivity contribution is 0.0174. The third kappa shape index (κ3) is 5.37. The van der Waals surface area contributed by atoms with E-state index in [0.29, 0.717) is 5.69 Å². The van der Waals surface area contributed by atoms with Crippen LogP contribution >= 0.6 is 11.3 Å². The summed E-state index contributed by atoms with van der Waals surface area (Å²) in [6.45, 7) is 5.64. The highest BCUT2D eigenvalue weighted by Gasteiger charge is 2.25. The first-order valence-corrected chi connectivity index (χ1v) is 12.3. The van der Waals surface area contributed by atoms with Gasteiger partial charge in [-0.1, -0.05) is 35.6 Å². The summed E-state index contributed by atoms with van der Waals surface area (Å²) in [5.74, 6) is -3.48. The van der Waals surface area contributed by atoms with Crippen LogP contribution in [0.2, 0.25) is 0 Å². The molecule has 1 aliphatic heterocycles. The van der Waals surface area contributed by atoms with Crippen LogP contribution in [0, 0.1) is 0 Å². The fraction of sp³-hybridized carbons (Fsp3) is 0.269. The molecule has 0 aliphatic carbocycles. The van der Waals surface area contributed by atoms with Crippen LogP contribution in [-0.2, 0) is 12.5 Å². The molecule has 2 aromatic carbocycles. The molecule has 1 aliphatic rings. The molecule has 0 radical (unpaired) electrons. The molecule has 1 amide bonds. The second-order valence-corrected chi connectivity index (χ2v) is 9.66. The molecule has 3 heterocycles. The van der Waals surface area contributed by atoms with Crippen molar-refractivity contribution >= 4 is 33.3 Å². The van der Waals surface area contributed by atoms with Crippen LogP contribution in [0.1, 0.15) is 28.4 Å². The molecular formula is C26H25F2N5OS. The molecule has 0 unspecified atom stereocenters. The van der Waals surface area contributed by atoms with Gasteiger partial charge >= 0.3 is 0 Å². The number of amides is 1. The van der Waals surface area contributed by atoms with E-state index in [1.54, 1.807) is 6.07 Å². The number of carbonyl (C=O) groups excluding carboxylic acids is 1. The van der Waals surface area contributed by atoms with Crippen molar-refractivity contribution in [1.82, 2.24) is 20.2 Å². The molecule has 2 N–H and O–H groups in total. The third-order valence-corrected chi connectivity index (χ3v) is 6.97. The lowest BCUT2D eigenvalue weighted by Gasteiger charge is -2.26. The summed E-state index contributed by atoms with van der Waals surface area (Å²) in [6, 6.07) is 14.9. The summed E-state index contributed by atoms with van der Waals surface area (Å²) >= 11 is 1.45. The number of halogens is 2. The number of fused-ring (bicyclic) bond motifs is 1. The summed E-state index contributed by atoms with van der Waals surface area (Å²) in [4.78, 5) is 25.5. The number of thiazole rings is 1. The van der Waals surface area contributed by atoms with Crippen LogP contribution < -0.4 is 10.6 Å². The van der Waals surface area contributed by atoms with E-state index in [2.05, 4.69) is 26.6 Å². The number of aromatic nitrogens is 2. The van der Waals surface area contributed by atoms with Gasteiger partial charge in [0.15, 0.2) is 0 Å². The van der Waals surface area contributed by atoms with Crippen LogP contribution in [0.5, 0.6) is 0 Å². The normalized spacial score (nSPS) is 14.8. The van der Waals surface area contributed by atoms with Gasteiger partial charge < -0.3 is 10.6 Å². The molecule has 5 rings (SSSR count). The first kappa shape index (κ1) is 23.5. The maximum Gasteiger partial charge on any atom is 0.270 e. The van der Waals surface area contributed by atoms with E-state index in [1.807, 2.05) is 24.4 Å². The van der Waals surface area contributed by atoms with E-state index in [0.717, 1.165) is 66.1 Å². The second-order valence-electron chi connectivity index (χ2n) is 8.68. The minimum Gasteiger partial charge on any atom is -0.321 e. The highest BCUT2D eigenvalue weighted by atomic mass is 32.1.